The van der Waals surface area contributed by atoms with Gasteiger partial charge in [-0.2, -0.15) is 0 Å². The molecule has 2 amide bonds. The fourth-order valence-corrected chi connectivity index (χ4v) is 8.83. The van der Waals surface area contributed by atoms with E-state index in [4.69, 9.17) is 9.82 Å². The molecule has 6 rings (SSSR count). The molecule has 13 heteroatoms. The lowest BCUT2D eigenvalue weighted by atomic mass is 9.77. The van der Waals surface area contributed by atoms with E-state index in [1.807, 2.05) is 54.6 Å². The number of carboxylic acids is 1. The van der Waals surface area contributed by atoms with E-state index in [0.717, 1.165) is 16.7 Å². The van der Waals surface area contributed by atoms with Crippen molar-refractivity contribution in [2.24, 2.45) is 5.16 Å². The first-order chi connectivity index (χ1) is 23.4. The molecule has 0 spiro atoms. The number of alkyl halides is 1. The number of amides is 2. The number of hydrogen-bond donors (Lipinski definition) is 3. The SMILES string of the molecule is C=CCO/N=C(\C(=O)NC1C(=O)N2C(C(=O)O)=C(CI)CS[C@@H]12)c1csc(NC(c2ccccc2)(c2ccccc2)c2ccccc2)n1. The maximum Gasteiger partial charge on any atom is 0.352 e. The number of anilines is 1. The average molecular weight is 792 g/mol. The summed E-state index contributed by atoms with van der Waals surface area (Å²) in [5.41, 5.74) is 2.88. The second-order valence-electron chi connectivity index (χ2n) is 10.8. The van der Waals surface area contributed by atoms with Gasteiger partial charge in [0, 0.05) is 15.6 Å². The minimum atomic E-state index is -1.16. The van der Waals surface area contributed by atoms with E-state index in [9.17, 15) is 19.5 Å². The molecule has 0 saturated carbocycles. The first kappa shape index (κ1) is 33.4. The Bertz CT molecular complexity index is 1790. The Labute approximate surface area is 299 Å². The zero-order chi connectivity index (χ0) is 33.7. The van der Waals surface area contributed by atoms with Gasteiger partial charge in [-0.1, -0.05) is 131 Å². The molecule has 4 aromatic rings. The summed E-state index contributed by atoms with van der Waals surface area (Å²) in [5, 5.41) is 22.0. The molecule has 0 aliphatic carbocycles. The number of oxime groups is 1. The zero-order valence-electron chi connectivity index (χ0n) is 25.4. The van der Waals surface area contributed by atoms with Gasteiger partial charge in [0.15, 0.2) is 10.8 Å². The van der Waals surface area contributed by atoms with Crippen molar-refractivity contribution in [3.63, 3.8) is 0 Å². The molecule has 2 aliphatic heterocycles. The predicted molar refractivity (Wildman–Crippen MR) is 196 cm³/mol. The summed E-state index contributed by atoms with van der Waals surface area (Å²) < 4.78 is 0.484. The van der Waals surface area contributed by atoms with Crippen LogP contribution in [0.25, 0.3) is 0 Å². The van der Waals surface area contributed by atoms with Crippen LogP contribution in [0.3, 0.4) is 0 Å². The van der Waals surface area contributed by atoms with Gasteiger partial charge in [0.1, 0.15) is 35.0 Å². The summed E-state index contributed by atoms with van der Waals surface area (Å²) in [7, 11) is 0. The number of carbonyl (C=O) groups excluding carboxylic acids is 2. The molecule has 3 heterocycles. The summed E-state index contributed by atoms with van der Waals surface area (Å²) in [6.45, 7) is 3.69. The highest BCUT2D eigenvalue weighted by Gasteiger charge is 2.54. The van der Waals surface area contributed by atoms with Crippen LogP contribution in [0.5, 0.6) is 0 Å². The summed E-state index contributed by atoms with van der Waals surface area (Å²) >= 11 is 4.80. The van der Waals surface area contributed by atoms with Crippen LogP contribution in [-0.4, -0.2) is 66.7 Å². The van der Waals surface area contributed by atoms with Crippen molar-refractivity contribution in [3.8, 4) is 0 Å². The van der Waals surface area contributed by atoms with Crippen LogP contribution in [0.15, 0.2) is 125 Å². The van der Waals surface area contributed by atoms with Crippen molar-refractivity contribution in [2.75, 3.05) is 22.1 Å². The molecule has 10 nitrogen and oxygen atoms in total. The Morgan fingerprint density at radius 3 is 2.15 bits per heavy atom. The Balaban J connectivity index is 1.32. The topological polar surface area (TPSA) is 133 Å². The fourth-order valence-electron chi connectivity index (χ4n) is 5.74. The molecule has 3 N–H and O–H groups in total. The average Bonchev–Trinajstić information content (AvgIpc) is 3.59. The molecule has 48 heavy (non-hydrogen) atoms. The second-order valence-corrected chi connectivity index (χ2v) is 13.5. The molecule has 0 radical (unpaired) electrons. The highest BCUT2D eigenvalue weighted by atomic mass is 127. The number of aliphatic carboxylic acids is 1. The lowest BCUT2D eigenvalue weighted by molar-refractivity contribution is -0.150. The van der Waals surface area contributed by atoms with E-state index in [0.29, 0.717) is 20.9 Å². The number of nitrogens with zero attached hydrogens (tertiary/aromatic N) is 3. The van der Waals surface area contributed by atoms with Gasteiger partial charge in [0.05, 0.1) is 0 Å². The molecular weight excluding hydrogens is 761 g/mol. The van der Waals surface area contributed by atoms with Gasteiger partial charge in [-0.3, -0.25) is 14.5 Å². The monoisotopic (exact) mass is 791 g/mol. The van der Waals surface area contributed by atoms with Crippen molar-refractivity contribution >= 4 is 74.3 Å². The summed E-state index contributed by atoms with van der Waals surface area (Å²) in [4.78, 5) is 50.3. The first-order valence-electron chi connectivity index (χ1n) is 14.9. The minimum Gasteiger partial charge on any atom is -0.477 e. The Morgan fingerprint density at radius 1 is 1.04 bits per heavy atom. The number of β-lactam (4-membered cyclic amide) rings is 1. The number of rotatable bonds is 13. The fraction of sp³-hybridized carbons (Fsp3) is 0.171. The largest absolute Gasteiger partial charge is 0.477 e. The predicted octanol–water partition coefficient (Wildman–Crippen LogP) is 5.63. The van der Waals surface area contributed by atoms with E-state index in [1.165, 1.54) is 34.1 Å². The van der Waals surface area contributed by atoms with E-state index in [1.54, 1.807) is 5.38 Å². The van der Waals surface area contributed by atoms with Crippen LogP contribution in [-0.2, 0) is 24.8 Å². The van der Waals surface area contributed by atoms with Crippen molar-refractivity contribution in [2.45, 2.75) is 17.0 Å². The smallest absolute Gasteiger partial charge is 0.352 e. The molecular formula is C35H30IN5O5S2. The number of thioether (sulfide) groups is 1. The van der Waals surface area contributed by atoms with Gasteiger partial charge < -0.3 is 20.6 Å². The third-order valence-corrected chi connectivity index (χ3v) is 10.9. The first-order valence-corrected chi connectivity index (χ1v) is 18.3. The Hall–Kier alpha value is -4.47. The minimum absolute atomic E-state index is 0.0131. The van der Waals surface area contributed by atoms with Gasteiger partial charge in [-0.05, 0) is 22.3 Å². The van der Waals surface area contributed by atoms with Gasteiger partial charge in [0.25, 0.3) is 11.8 Å². The summed E-state index contributed by atoms with van der Waals surface area (Å²) in [6.07, 6.45) is 1.50. The number of thiazole rings is 1. The zero-order valence-corrected chi connectivity index (χ0v) is 29.2. The quantitative estimate of drug-likeness (QED) is 0.0232. The highest BCUT2D eigenvalue weighted by molar-refractivity contribution is 14.1. The second kappa shape index (κ2) is 14.7. The molecule has 2 aliphatic rings. The third kappa shape index (κ3) is 6.36. The number of fused-ring (bicyclic) bond motifs is 1. The van der Waals surface area contributed by atoms with Crippen LogP contribution in [0.4, 0.5) is 5.13 Å². The van der Waals surface area contributed by atoms with Gasteiger partial charge in [0.2, 0.25) is 0 Å². The molecule has 1 fully saturated rings. The van der Waals surface area contributed by atoms with E-state index < -0.39 is 34.7 Å². The molecule has 3 aromatic carbocycles. The van der Waals surface area contributed by atoms with Crippen LogP contribution in [0.1, 0.15) is 22.4 Å². The number of carbonyl (C=O) groups is 3. The maximum atomic E-state index is 13.7. The molecule has 244 valence electrons. The normalized spacial score (nSPS) is 17.6. The van der Waals surface area contributed by atoms with Gasteiger partial charge >= 0.3 is 5.97 Å². The molecule has 1 saturated heterocycles. The van der Waals surface area contributed by atoms with E-state index in [-0.39, 0.29) is 23.7 Å². The van der Waals surface area contributed by atoms with Crippen molar-refractivity contribution < 1.29 is 24.3 Å². The highest BCUT2D eigenvalue weighted by Crippen LogP contribution is 2.42. The molecule has 1 unspecified atom stereocenters. The number of hydrogen-bond acceptors (Lipinski definition) is 9. The van der Waals surface area contributed by atoms with Crippen molar-refractivity contribution in [1.29, 1.82) is 0 Å². The third-order valence-electron chi connectivity index (χ3n) is 7.92. The van der Waals surface area contributed by atoms with Crippen LogP contribution < -0.4 is 10.6 Å². The standard InChI is InChI=1S/C35H30IN5O5S2/c1-2-18-46-40-27(30(42)38-28-31(43)41-29(33(44)45)22(19-36)20-47-32(28)41)26-21-48-34(37-26)39-35(23-12-6-3-7-13-23,24-14-8-4-9-15-24)25-16-10-5-11-17-25/h2-17,21,28,32H,1,18-20H2,(H,37,39)(H,38,42)(H,44,45)/b40-27-/t28?,32-/m0/s1. The molecule has 2 atom stereocenters. The number of halogens is 1. The molecule has 1 aromatic heterocycles. The summed E-state index contributed by atoms with van der Waals surface area (Å²) in [6, 6.07) is 29.2. The number of aromatic nitrogens is 1. The van der Waals surface area contributed by atoms with E-state index in [2.05, 4.69) is 81.4 Å². The number of carboxylic acid groups (broad SMARTS) is 1. The van der Waals surface area contributed by atoms with Crippen molar-refractivity contribution in [1.82, 2.24) is 15.2 Å². The van der Waals surface area contributed by atoms with Crippen LogP contribution >= 0.6 is 45.7 Å². The van der Waals surface area contributed by atoms with Crippen LogP contribution in [0.2, 0.25) is 0 Å². The Kier molecular flexibility index (Phi) is 10.3. The lowest BCUT2D eigenvalue weighted by Gasteiger charge is -2.49. The van der Waals surface area contributed by atoms with Gasteiger partial charge in [-0.25, -0.2) is 9.78 Å². The number of benzene rings is 3. The van der Waals surface area contributed by atoms with Crippen molar-refractivity contribution in [3.05, 3.63) is 143 Å². The molecule has 0 bridgehead atoms. The van der Waals surface area contributed by atoms with Gasteiger partial charge in [-0.15, -0.1) is 23.1 Å². The number of nitrogens with one attached hydrogen (secondary N) is 2. The lowest BCUT2D eigenvalue weighted by Crippen LogP contribution is -2.71. The van der Waals surface area contributed by atoms with E-state index >= 15 is 0 Å². The Morgan fingerprint density at radius 2 is 1.62 bits per heavy atom. The van der Waals surface area contributed by atoms with Crippen LogP contribution in [0, 0.1) is 0 Å². The maximum absolute atomic E-state index is 13.7. The summed E-state index contributed by atoms with van der Waals surface area (Å²) in [5.74, 6) is -1.88.